The average Bonchev–Trinajstić information content (AvgIpc) is 3.30. The molecule has 0 saturated heterocycles. The summed E-state index contributed by atoms with van der Waals surface area (Å²) in [5.74, 6) is 1.80. The maximum absolute atomic E-state index is 5.34. The Labute approximate surface area is 148 Å². The number of nitrogens with zero attached hydrogens (tertiary/aromatic N) is 1. The molecule has 1 aromatic carbocycles. The molecule has 0 fully saturated rings. The van der Waals surface area contributed by atoms with Gasteiger partial charge in [0.15, 0.2) is 5.96 Å². The van der Waals surface area contributed by atoms with E-state index in [4.69, 9.17) is 4.42 Å². The lowest BCUT2D eigenvalue weighted by Crippen LogP contribution is -2.39. The molecule has 3 N–H and O–H groups in total. The van der Waals surface area contributed by atoms with Crippen molar-refractivity contribution in [3.63, 3.8) is 0 Å². The third-order valence-corrected chi connectivity index (χ3v) is 4.42. The van der Waals surface area contributed by atoms with Gasteiger partial charge in [-0.3, -0.25) is 4.99 Å². The van der Waals surface area contributed by atoms with Gasteiger partial charge in [0.1, 0.15) is 5.76 Å². The zero-order valence-electron chi connectivity index (χ0n) is 14.9. The van der Waals surface area contributed by atoms with Crippen LogP contribution in [-0.2, 0) is 19.3 Å². The number of aryl methyl sites for hydroxylation is 1. The van der Waals surface area contributed by atoms with E-state index >= 15 is 0 Å². The normalized spacial score (nSPS) is 11.8. The first-order valence-electron chi connectivity index (χ1n) is 8.86. The van der Waals surface area contributed by atoms with Crippen LogP contribution in [0.15, 0.2) is 52.2 Å². The van der Waals surface area contributed by atoms with E-state index in [9.17, 15) is 0 Å². The predicted octanol–water partition coefficient (Wildman–Crippen LogP) is 3.27. The first kappa shape index (κ1) is 17.1. The summed E-state index contributed by atoms with van der Waals surface area (Å²) < 4.78 is 5.34. The highest BCUT2D eigenvalue weighted by Gasteiger charge is 2.07. The van der Waals surface area contributed by atoms with Gasteiger partial charge in [-0.15, -0.1) is 0 Å². The summed E-state index contributed by atoms with van der Waals surface area (Å²) in [4.78, 5) is 7.70. The molecule has 132 valence electrons. The lowest BCUT2D eigenvalue weighted by Gasteiger charge is -2.11. The van der Waals surface area contributed by atoms with Gasteiger partial charge < -0.3 is 20.0 Å². The number of nitrogens with one attached hydrogen (secondary N) is 3. The third kappa shape index (κ3) is 4.24. The molecule has 2 heterocycles. The van der Waals surface area contributed by atoms with Gasteiger partial charge in [-0.2, -0.15) is 0 Å². The smallest absolute Gasteiger partial charge is 0.191 e. The number of para-hydroxylation sites is 1. The molecule has 0 amide bonds. The van der Waals surface area contributed by atoms with Crippen molar-refractivity contribution in [2.75, 3.05) is 20.1 Å². The zero-order chi connectivity index (χ0) is 17.5. The van der Waals surface area contributed by atoms with Crippen LogP contribution in [0.2, 0.25) is 0 Å². The van der Waals surface area contributed by atoms with E-state index in [0.717, 1.165) is 44.1 Å². The molecule has 0 aliphatic heterocycles. The molecule has 3 aromatic rings. The standard InChI is InChI=1S/C20H26N4O/c1-3-15-6-4-8-18-16(14-24-19(15)18)9-11-22-20(21-2)23-12-10-17-7-5-13-25-17/h4-8,13-14,24H,3,9-12H2,1-2H3,(H2,21,22,23). The molecule has 2 aromatic heterocycles. The topological polar surface area (TPSA) is 65.3 Å². The first-order valence-corrected chi connectivity index (χ1v) is 8.86. The van der Waals surface area contributed by atoms with Gasteiger partial charge in [-0.05, 0) is 36.1 Å². The second-order valence-electron chi connectivity index (χ2n) is 6.01. The van der Waals surface area contributed by atoms with Crippen molar-refractivity contribution in [2.45, 2.75) is 26.2 Å². The molecule has 0 radical (unpaired) electrons. The van der Waals surface area contributed by atoms with Crippen molar-refractivity contribution in [1.82, 2.24) is 15.6 Å². The van der Waals surface area contributed by atoms with Gasteiger partial charge >= 0.3 is 0 Å². The Hall–Kier alpha value is -2.69. The highest BCUT2D eigenvalue weighted by molar-refractivity contribution is 5.86. The van der Waals surface area contributed by atoms with Crippen LogP contribution in [0.4, 0.5) is 0 Å². The molecule has 0 bridgehead atoms. The third-order valence-electron chi connectivity index (χ3n) is 4.42. The largest absolute Gasteiger partial charge is 0.469 e. The summed E-state index contributed by atoms with van der Waals surface area (Å²) in [5, 5.41) is 8.01. The van der Waals surface area contributed by atoms with Crippen LogP contribution in [0.3, 0.4) is 0 Å². The van der Waals surface area contributed by atoms with Crippen LogP contribution in [0.25, 0.3) is 10.9 Å². The zero-order valence-corrected chi connectivity index (χ0v) is 14.9. The summed E-state index contributed by atoms with van der Waals surface area (Å²) in [5.41, 5.74) is 3.97. The van der Waals surface area contributed by atoms with E-state index in [1.54, 1.807) is 13.3 Å². The molecule has 25 heavy (non-hydrogen) atoms. The number of hydrogen-bond acceptors (Lipinski definition) is 2. The molecular weight excluding hydrogens is 312 g/mol. The van der Waals surface area contributed by atoms with Gasteiger partial charge in [0, 0.05) is 43.7 Å². The molecular formula is C20H26N4O. The van der Waals surface area contributed by atoms with Crippen molar-refractivity contribution < 1.29 is 4.42 Å². The Morgan fingerprint density at radius 2 is 1.92 bits per heavy atom. The van der Waals surface area contributed by atoms with Gasteiger partial charge in [0.05, 0.1) is 6.26 Å². The van der Waals surface area contributed by atoms with Crippen LogP contribution >= 0.6 is 0 Å². The Balaban J connectivity index is 1.50. The van der Waals surface area contributed by atoms with Crippen molar-refractivity contribution in [2.24, 2.45) is 4.99 Å². The fourth-order valence-corrected chi connectivity index (χ4v) is 3.07. The molecule has 5 nitrogen and oxygen atoms in total. The van der Waals surface area contributed by atoms with E-state index in [1.807, 2.05) is 12.1 Å². The Morgan fingerprint density at radius 3 is 2.64 bits per heavy atom. The number of benzene rings is 1. The van der Waals surface area contributed by atoms with Crippen molar-refractivity contribution in [3.8, 4) is 0 Å². The lowest BCUT2D eigenvalue weighted by molar-refractivity contribution is 0.507. The van der Waals surface area contributed by atoms with Crippen molar-refractivity contribution in [3.05, 3.63) is 59.7 Å². The fraction of sp³-hybridized carbons (Fsp3) is 0.350. The van der Waals surface area contributed by atoms with Crippen molar-refractivity contribution in [1.29, 1.82) is 0 Å². The van der Waals surface area contributed by atoms with E-state index in [-0.39, 0.29) is 0 Å². The molecule has 0 atom stereocenters. The fourth-order valence-electron chi connectivity index (χ4n) is 3.07. The number of aliphatic imine (C=N–C) groups is 1. The minimum Gasteiger partial charge on any atom is -0.469 e. The van der Waals surface area contributed by atoms with E-state index in [1.165, 1.54) is 22.0 Å². The SMILES string of the molecule is CCc1cccc2c(CCNC(=NC)NCCc3ccco3)c[nH]c12. The maximum atomic E-state index is 5.34. The number of H-pyrrole nitrogens is 1. The molecule has 0 aliphatic rings. The maximum Gasteiger partial charge on any atom is 0.191 e. The molecule has 0 aliphatic carbocycles. The Kier molecular flexibility index (Phi) is 5.77. The van der Waals surface area contributed by atoms with E-state index in [2.05, 4.69) is 51.9 Å². The summed E-state index contributed by atoms with van der Waals surface area (Å²) >= 11 is 0. The lowest BCUT2D eigenvalue weighted by atomic mass is 10.1. The summed E-state index contributed by atoms with van der Waals surface area (Å²) in [7, 11) is 1.79. The van der Waals surface area contributed by atoms with Gasteiger partial charge in [0.25, 0.3) is 0 Å². The Morgan fingerprint density at radius 1 is 1.08 bits per heavy atom. The molecule has 0 saturated carbocycles. The van der Waals surface area contributed by atoms with Gasteiger partial charge in [0.2, 0.25) is 0 Å². The van der Waals surface area contributed by atoms with Crippen LogP contribution in [-0.4, -0.2) is 31.1 Å². The number of furan rings is 1. The average molecular weight is 338 g/mol. The number of rotatable bonds is 7. The number of guanidine groups is 1. The Bertz CT molecular complexity index is 817. The van der Waals surface area contributed by atoms with Gasteiger partial charge in [-0.1, -0.05) is 25.1 Å². The first-order chi connectivity index (χ1) is 12.3. The van der Waals surface area contributed by atoms with E-state index < -0.39 is 0 Å². The van der Waals surface area contributed by atoms with Crippen LogP contribution < -0.4 is 10.6 Å². The van der Waals surface area contributed by atoms with Crippen molar-refractivity contribution >= 4 is 16.9 Å². The number of fused-ring (bicyclic) bond motifs is 1. The molecule has 5 heteroatoms. The second-order valence-corrected chi connectivity index (χ2v) is 6.01. The molecule has 0 unspecified atom stereocenters. The minimum absolute atomic E-state index is 0.792. The quantitative estimate of drug-likeness (QED) is 0.457. The highest BCUT2D eigenvalue weighted by atomic mass is 16.3. The van der Waals surface area contributed by atoms with Crippen LogP contribution in [0.1, 0.15) is 23.8 Å². The molecule has 0 spiro atoms. The number of aromatic nitrogens is 1. The summed E-state index contributed by atoms with van der Waals surface area (Å²) in [6, 6.07) is 10.4. The second kappa shape index (κ2) is 8.42. The number of hydrogen-bond donors (Lipinski definition) is 3. The van der Waals surface area contributed by atoms with E-state index in [0.29, 0.717) is 0 Å². The van der Waals surface area contributed by atoms with Gasteiger partial charge in [-0.25, -0.2) is 0 Å². The molecule has 3 rings (SSSR count). The van der Waals surface area contributed by atoms with Crippen LogP contribution in [0.5, 0.6) is 0 Å². The monoisotopic (exact) mass is 338 g/mol. The summed E-state index contributed by atoms with van der Waals surface area (Å²) in [6.07, 6.45) is 6.66. The van der Waals surface area contributed by atoms with Crippen LogP contribution in [0, 0.1) is 0 Å². The highest BCUT2D eigenvalue weighted by Crippen LogP contribution is 2.22. The number of aromatic amines is 1. The summed E-state index contributed by atoms with van der Waals surface area (Å²) in [6.45, 7) is 3.82. The minimum atomic E-state index is 0.792. The predicted molar refractivity (Wildman–Crippen MR) is 103 cm³/mol.